The van der Waals surface area contributed by atoms with E-state index < -0.39 is 0 Å². The second-order valence-corrected chi connectivity index (χ2v) is 0. The number of hydrogen-bond donors (Lipinski definition) is 0. The fraction of sp³-hybridized carbons (Fsp3) is 0. The molecule has 0 unspecified atom stereocenters. The van der Waals surface area contributed by atoms with E-state index in [4.69, 9.17) is 0 Å². The minimum atomic E-state index is 0. The Balaban J connectivity index is 0. The minimum absolute atomic E-state index is 0. The summed E-state index contributed by atoms with van der Waals surface area (Å²) in [5.74, 6) is 0. The zero-order valence-corrected chi connectivity index (χ0v) is 5.92. The predicted octanol–water partition coefficient (Wildman–Crippen LogP) is -0.388. The maximum atomic E-state index is 0. The molecule has 0 fully saturated rings. The normalized spacial score (nSPS) is 0. The van der Waals surface area contributed by atoms with Gasteiger partial charge in [-0.15, -0.1) is 0 Å². The summed E-state index contributed by atoms with van der Waals surface area (Å²) in [6.45, 7) is 0. The van der Waals surface area contributed by atoms with Gasteiger partial charge >= 0.3 is 0 Å². The largest absolute Gasteiger partial charge is 0 e. The van der Waals surface area contributed by atoms with Crippen molar-refractivity contribution < 1.29 is 55.5 Å². The summed E-state index contributed by atoms with van der Waals surface area (Å²) in [6, 6.07) is 0. The zero-order valence-electron chi connectivity index (χ0n) is 1.70. The van der Waals surface area contributed by atoms with Crippen molar-refractivity contribution in [2.75, 3.05) is 0 Å². The van der Waals surface area contributed by atoms with Gasteiger partial charge in [0.1, 0.15) is 0 Å². The Morgan fingerprint density at radius 2 is 1.00 bits per heavy atom. The van der Waals surface area contributed by atoms with Crippen LogP contribution in [0.3, 0.4) is 0 Å². The summed E-state index contributed by atoms with van der Waals surface area (Å²) in [7, 11) is 0. The Kier molecular flexibility index (Phi) is 220. The summed E-state index contributed by atoms with van der Waals surface area (Å²) < 4.78 is 0. The molecule has 0 N–H and O–H groups in total. The third kappa shape index (κ3) is 9.19. The second-order valence-electron chi connectivity index (χ2n) is 0. The minimum Gasteiger partial charge on any atom is 0 e. The molecule has 0 bridgehead atoms. The molecule has 0 aromatic carbocycles. The first-order valence-corrected chi connectivity index (χ1v) is 0. The van der Waals surface area contributed by atoms with Crippen LogP contribution in [0.2, 0.25) is 0 Å². The van der Waals surface area contributed by atoms with Gasteiger partial charge in [-0.05, 0) is 0 Å². The molecule has 0 nitrogen and oxygen atoms in total. The quantitative estimate of drug-likeness (QED) is 0.490. The fourth-order valence-corrected chi connectivity index (χ4v) is 0. The molecule has 0 heterocycles. The van der Waals surface area contributed by atoms with E-state index in [-0.39, 0.29) is 63.9 Å². The standard InChI is InChI=1S/B.Cr.Cu.Mo. The van der Waals surface area contributed by atoms with Crippen LogP contribution in [0.1, 0.15) is 0 Å². The van der Waals surface area contributed by atoms with Crippen LogP contribution in [-0.4, -0.2) is 8.41 Å². The van der Waals surface area contributed by atoms with E-state index in [1.54, 1.807) is 0 Å². The molecule has 0 amide bonds. The molecule has 0 aromatic heterocycles. The molecule has 4 heteroatoms. The van der Waals surface area contributed by atoms with Crippen molar-refractivity contribution in [3.8, 4) is 0 Å². The van der Waals surface area contributed by atoms with Crippen LogP contribution in [0, 0.1) is 0 Å². The maximum Gasteiger partial charge on any atom is 0 e. The Bertz CT molecular complexity index is 8.00. The zero-order chi connectivity index (χ0) is 0. The third-order valence-electron chi connectivity index (χ3n) is 0. The van der Waals surface area contributed by atoms with E-state index >= 15 is 0 Å². The molecule has 0 rings (SSSR count). The summed E-state index contributed by atoms with van der Waals surface area (Å²) in [5, 5.41) is 0. The van der Waals surface area contributed by atoms with Gasteiger partial charge in [-0.2, -0.15) is 0 Å². The Morgan fingerprint density at radius 1 is 1.00 bits per heavy atom. The molecular weight excluding hydrogens is 222 g/mol. The number of rotatable bonds is 0. The van der Waals surface area contributed by atoms with E-state index in [0.29, 0.717) is 0 Å². The van der Waals surface area contributed by atoms with Crippen LogP contribution in [0.4, 0.5) is 0 Å². The van der Waals surface area contributed by atoms with Gasteiger partial charge in [-0.25, -0.2) is 0 Å². The average Bonchev–Trinajstić information content (AvgIpc) is 0. The molecule has 4 heavy (non-hydrogen) atoms. The van der Waals surface area contributed by atoms with Gasteiger partial charge in [0.25, 0.3) is 0 Å². The molecule has 0 aliphatic heterocycles. The van der Waals surface area contributed by atoms with Crippen molar-refractivity contribution in [2.45, 2.75) is 0 Å². The second kappa shape index (κ2) is 21.4. The van der Waals surface area contributed by atoms with Gasteiger partial charge in [-0.3, -0.25) is 0 Å². The first-order chi connectivity index (χ1) is 0. The summed E-state index contributed by atoms with van der Waals surface area (Å²) in [5.41, 5.74) is 0. The Labute approximate surface area is 63.5 Å². The maximum absolute atomic E-state index is 0. The van der Waals surface area contributed by atoms with Crippen LogP contribution in [0.25, 0.3) is 0 Å². The van der Waals surface area contributed by atoms with Crippen LogP contribution in [0.15, 0.2) is 0 Å². The van der Waals surface area contributed by atoms with E-state index in [9.17, 15) is 0 Å². The monoisotopic (exact) mass is 224 g/mol. The van der Waals surface area contributed by atoms with Crippen molar-refractivity contribution >= 4 is 8.41 Å². The van der Waals surface area contributed by atoms with Crippen molar-refractivity contribution in [3.63, 3.8) is 0 Å². The average molecular weight is 222 g/mol. The molecule has 4 radical (unpaired) electrons. The molecule has 0 saturated heterocycles. The first-order valence-electron chi connectivity index (χ1n) is 0. The predicted molar refractivity (Wildman–Crippen MR) is 5.75 cm³/mol. The van der Waals surface area contributed by atoms with Crippen LogP contribution < -0.4 is 0 Å². The van der Waals surface area contributed by atoms with Crippen LogP contribution in [-0.2, 0) is 55.5 Å². The van der Waals surface area contributed by atoms with E-state index in [1.165, 1.54) is 0 Å². The molecular formula is BCrCuMo. The van der Waals surface area contributed by atoms with Gasteiger partial charge in [0, 0.05) is 63.9 Å². The van der Waals surface area contributed by atoms with Gasteiger partial charge in [-0.1, -0.05) is 0 Å². The van der Waals surface area contributed by atoms with Crippen molar-refractivity contribution in [1.29, 1.82) is 0 Å². The summed E-state index contributed by atoms with van der Waals surface area (Å²) >= 11 is 0. The molecule has 0 aliphatic carbocycles. The van der Waals surface area contributed by atoms with E-state index in [1.807, 2.05) is 0 Å². The van der Waals surface area contributed by atoms with E-state index in [0.717, 1.165) is 0 Å². The van der Waals surface area contributed by atoms with Crippen molar-refractivity contribution in [1.82, 2.24) is 0 Å². The van der Waals surface area contributed by atoms with Gasteiger partial charge in [0.2, 0.25) is 0 Å². The molecule has 0 aromatic rings. The van der Waals surface area contributed by atoms with Gasteiger partial charge in [0.05, 0.1) is 0 Å². The van der Waals surface area contributed by atoms with Gasteiger partial charge < -0.3 is 0 Å². The molecule has 0 aliphatic rings. The third-order valence-corrected chi connectivity index (χ3v) is 0. The molecule has 0 saturated carbocycles. The topological polar surface area (TPSA) is 0 Å². The van der Waals surface area contributed by atoms with E-state index in [2.05, 4.69) is 0 Å². The summed E-state index contributed by atoms with van der Waals surface area (Å²) in [6.07, 6.45) is 0. The van der Waals surface area contributed by atoms with Gasteiger partial charge in [0.15, 0.2) is 0 Å². The SMILES string of the molecule is [B].[Cr].[Cu].[Mo]. The van der Waals surface area contributed by atoms with Crippen LogP contribution >= 0.6 is 0 Å². The molecule has 0 spiro atoms. The summed E-state index contributed by atoms with van der Waals surface area (Å²) in [4.78, 5) is 0. The van der Waals surface area contributed by atoms with Crippen molar-refractivity contribution in [2.24, 2.45) is 0 Å². The van der Waals surface area contributed by atoms with Crippen LogP contribution in [0.5, 0.6) is 0 Å². The van der Waals surface area contributed by atoms with Crippen molar-refractivity contribution in [3.05, 3.63) is 0 Å². The Hall–Kier alpha value is 1.81. The molecule has 0 atom stereocenters. The first kappa shape index (κ1) is 41.1. The smallest absolute Gasteiger partial charge is 0 e. The molecule has 26 valence electrons. The fourth-order valence-electron chi connectivity index (χ4n) is 0. The Morgan fingerprint density at radius 3 is 1.00 bits per heavy atom. The number of hydrogen-bond acceptors (Lipinski definition) is 0.